The van der Waals surface area contributed by atoms with Crippen LogP contribution in [0.15, 0.2) is 30.3 Å². The lowest BCUT2D eigenvalue weighted by Gasteiger charge is -2.30. The Morgan fingerprint density at radius 2 is 1.54 bits per heavy atom. The van der Waals surface area contributed by atoms with Crippen molar-refractivity contribution in [2.45, 2.75) is 85.7 Å². The lowest BCUT2D eigenvalue weighted by Crippen LogP contribution is -2.31. The molecule has 2 unspecified atom stereocenters. The molecular formula is C33H46FN3O8S. The first-order valence-corrected chi connectivity index (χ1v) is 17.3. The summed E-state index contributed by atoms with van der Waals surface area (Å²) in [6.45, 7) is 13.2. The third-order valence-electron chi connectivity index (χ3n) is 7.20. The van der Waals surface area contributed by atoms with Crippen LogP contribution in [0.5, 0.6) is 0 Å². The number of benzene rings is 1. The van der Waals surface area contributed by atoms with Crippen LogP contribution < -0.4 is 4.31 Å². The molecule has 2 aromatic rings. The van der Waals surface area contributed by atoms with Gasteiger partial charge >= 0.3 is 11.9 Å². The number of carbonyl (C=O) groups is 2. The van der Waals surface area contributed by atoms with Gasteiger partial charge in [0.1, 0.15) is 18.0 Å². The van der Waals surface area contributed by atoms with Crippen molar-refractivity contribution in [1.29, 1.82) is 0 Å². The highest BCUT2D eigenvalue weighted by Crippen LogP contribution is 2.39. The molecule has 1 fully saturated rings. The molecule has 3 rings (SSSR count). The first kappa shape index (κ1) is 37.0. The van der Waals surface area contributed by atoms with Crippen LogP contribution in [0.1, 0.15) is 78.5 Å². The molecule has 2 heterocycles. The summed E-state index contributed by atoms with van der Waals surface area (Å²) < 4.78 is 63.9. The molecule has 0 saturated carbocycles. The van der Waals surface area contributed by atoms with E-state index >= 15 is 0 Å². The molecule has 0 aliphatic carbocycles. The standard InChI is InChI=1S/C33H46FN3O8S/c1-19(2)28-27(29(23-11-13-24(34)14-12-23)36-33(35-28)37(8)46(9,40)41)26(32-42-15-10-16-43-32)18-25(45-31(39)21(5)6)17-22(7)44-30(38)20(3)4/h11-14,18-22,25,32H,10,15-17H2,1-9H3. The minimum atomic E-state index is -3.74. The van der Waals surface area contributed by atoms with Gasteiger partial charge in [-0.1, -0.05) is 41.5 Å². The average Bonchev–Trinajstić information content (AvgIpc) is 2.98. The van der Waals surface area contributed by atoms with E-state index in [-0.39, 0.29) is 30.2 Å². The van der Waals surface area contributed by atoms with Crippen molar-refractivity contribution in [3.63, 3.8) is 0 Å². The largest absolute Gasteiger partial charge is 0.462 e. The van der Waals surface area contributed by atoms with Crippen LogP contribution in [0, 0.1) is 17.7 Å². The number of aromatic nitrogens is 2. The van der Waals surface area contributed by atoms with Crippen LogP contribution >= 0.6 is 0 Å². The number of hydrogen-bond acceptors (Lipinski definition) is 10. The molecule has 0 amide bonds. The van der Waals surface area contributed by atoms with Gasteiger partial charge < -0.3 is 18.9 Å². The fraction of sp³-hybridized carbons (Fsp3) is 0.576. The lowest BCUT2D eigenvalue weighted by molar-refractivity contribution is -0.157. The Labute approximate surface area is 271 Å². The maximum Gasteiger partial charge on any atom is 0.308 e. The smallest absolute Gasteiger partial charge is 0.308 e. The Bertz CT molecular complexity index is 1500. The summed E-state index contributed by atoms with van der Waals surface area (Å²) >= 11 is 0. The Balaban J connectivity index is 2.36. The SMILES string of the molecule is CC(CC(C=C(c1c(-c2ccc(F)cc2)nc(N(C)S(C)(=O)=O)nc1C(C)C)C1OCCCO1)OC(=O)C(C)C)OC(=O)C(C)C. The number of carbonyl (C=O) groups excluding carboxylic acids is 2. The minimum Gasteiger partial charge on any atom is -0.462 e. The molecule has 1 aromatic heterocycles. The van der Waals surface area contributed by atoms with Gasteiger partial charge in [0.05, 0.1) is 42.7 Å². The Morgan fingerprint density at radius 3 is 2.07 bits per heavy atom. The van der Waals surface area contributed by atoms with Crippen LogP contribution in [-0.4, -0.2) is 75.3 Å². The predicted molar refractivity (Wildman–Crippen MR) is 173 cm³/mol. The summed E-state index contributed by atoms with van der Waals surface area (Å²) in [7, 11) is -2.39. The number of rotatable bonds is 13. The minimum absolute atomic E-state index is 0.0730. The van der Waals surface area contributed by atoms with E-state index in [0.29, 0.717) is 47.7 Å². The molecular weight excluding hydrogens is 617 g/mol. The summed E-state index contributed by atoms with van der Waals surface area (Å²) in [5.41, 5.74) is 2.18. The van der Waals surface area contributed by atoms with Crippen molar-refractivity contribution < 1.29 is 41.3 Å². The maximum atomic E-state index is 14.1. The van der Waals surface area contributed by atoms with E-state index in [0.717, 1.165) is 10.6 Å². The predicted octanol–water partition coefficient (Wildman–Crippen LogP) is 5.49. The van der Waals surface area contributed by atoms with Gasteiger partial charge in [0, 0.05) is 30.2 Å². The monoisotopic (exact) mass is 663 g/mol. The number of sulfonamides is 1. The van der Waals surface area contributed by atoms with E-state index in [1.54, 1.807) is 52.8 Å². The Kier molecular flexibility index (Phi) is 12.8. The van der Waals surface area contributed by atoms with Gasteiger partial charge in [0.2, 0.25) is 16.0 Å². The van der Waals surface area contributed by atoms with Gasteiger partial charge in [-0.15, -0.1) is 0 Å². The molecule has 2 atom stereocenters. The van der Waals surface area contributed by atoms with E-state index in [2.05, 4.69) is 0 Å². The van der Waals surface area contributed by atoms with Gasteiger partial charge in [0.25, 0.3) is 0 Å². The first-order chi connectivity index (χ1) is 21.5. The van der Waals surface area contributed by atoms with Crippen molar-refractivity contribution in [2.75, 3.05) is 30.8 Å². The molecule has 1 aromatic carbocycles. The summed E-state index contributed by atoms with van der Waals surface area (Å²) in [6.07, 6.45) is 1.10. The topological polar surface area (TPSA) is 134 Å². The van der Waals surface area contributed by atoms with E-state index in [9.17, 15) is 22.4 Å². The average molecular weight is 664 g/mol. The fourth-order valence-corrected chi connectivity index (χ4v) is 4.94. The lowest BCUT2D eigenvalue weighted by atomic mass is 9.91. The van der Waals surface area contributed by atoms with Gasteiger partial charge in [-0.05, 0) is 49.6 Å². The molecule has 13 heteroatoms. The van der Waals surface area contributed by atoms with Crippen LogP contribution in [0.2, 0.25) is 0 Å². The fourth-order valence-electron chi connectivity index (χ4n) is 4.57. The molecule has 1 aliphatic heterocycles. The van der Waals surface area contributed by atoms with Crippen LogP contribution in [0.4, 0.5) is 10.3 Å². The number of ether oxygens (including phenoxy) is 4. The molecule has 1 saturated heterocycles. The molecule has 0 spiro atoms. The molecule has 46 heavy (non-hydrogen) atoms. The van der Waals surface area contributed by atoms with Crippen LogP contribution in [0.25, 0.3) is 16.8 Å². The van der Waals surface area contributed by atoms with E-state index in [4.69, 9.17) is 28.9 Å². The van der Waals surface area contributed by atoms with Crippen LogP contribution in [0.3, 0.4) is 0 Å². The molecule has 11 nitrogen and oxygen atoms in total. The number of halogens is 1. The second-order valence-corrected chi connectivity index (χ2v) is 14.4. The maximum absolute atomic E-state index is 14.1. The van der Waals surface area contributed by atoms with Gasteiger partial charge in [0.15, 0.2) is 6.29 Å². The molecule has 254 valence electrons. The van der Waals surface area contributed by atoms with Crippen molar-refractivity contribution in [3.05, 3.63) is 47.4 Å². The van der Waals surface area contributed by atoms with Crippen molar-refractivity contribution in [2.24, 2.45) is 11.8 Å². The third-order valence-corrected chi connectivity index (χ3v) is 8.35. The molecule has 0 radical (unpaired) electrons. The number of esters is 2. The highest BCUT2D eigenvalue weighted by molar-refractivity contribution is 7.92. The normalized spacial score (nSPS) is 16.1. The third kappa shape index (κ3) is 9.79. The number of hydrogen-bond donors (Lipinski definition) is 0. The second-order valence-electron chi connectivity index (χ2n) is 12.3. The molecule has 1 aliphatic rings. The number of nitrogens with zero attached hydrogens (tertiary/aromatic N) is 3. The quantitative estimate of drug-likeness (QED) is 0.253. The van der Waals surface area contributed by atoms with Gasteiger partial charge in [-0.25, -0.2) is 27.1 Å². The van der Waals surface area contributed by atoms with Gasteiger partial charge in [-0.2, -0.15) is 0 Å². The highest BCUT2D eigenvalue weighted by Gasteiger charge is 2.32. The molecule has 0 bridgehead atoms. The summed E-state index contributed by atoms with van der Waals surface area (Å²) in [5.74, 6) is -2.43. The van der Waals surface area contributed by atoms with E-state index < -0.39 is 46.2 Å². The summed E-state index contributed by atoms with van der Waals surface area (Å²) in [6, 6.07) is 5.65. The highest BCUT2D eigenvalue weighted by atomic mass is 32.2. The zero-order valence-electron chi connectivity index (χ0n) is 28.1. The second kappa shape index (κ2) is 15.9. The van der Waals surface area contributed by atoms with Crippen LogP contribution in [-0.2, 0) is 38.6 Å². The summed E-state index contributed by atoms with van der Waals surface area (Å²) in [4.78, 5) is 34.7. The molecule has 0 N–H and O–H groups in total. The Morgan fingerprint density at radius 1 is 0.978 bits per heavy atom. The van der Waals surface area contributed by atoms with Crippen molar-refractivity contribution >= 4 is 33.5 Å². The van der Waals surface area contributed by atoms with E-state index in [1.165, 1.54) is 19.2 Å². The zero-order valence-corrected chi connectivity index (χ0v) is 28.9. The first-order valence-electron chi connectivity index (χ1n) is 15.5. The summed E-state index contributed by atoms with van der Waals surface area (Å²) in [5, 5.41) is 0. The Hall–Kier alpha value is -3.42. The number of anilines is 1. The zero-order chi connectivity index (χ0) is 34.3. The van der Waals surface area contributed by atoms with E-state index in [1.807, 2.05) is 13.8 Å². The van der Waals surface area contributed by atoms with Gasteiger partial charge in [-0.3, -0.25) is 9.59 Å². The van der Waals surface area contributed by atoms with Crippen molar-refractivity contribution in [3.8, 4) is 11.3 Å². The van der Waals surface area contributed by atoms with Crippen molar-refractivity contribution in [1.82, 2.24) is 9.97 Å².